The Morgan fingerprint density at radius 1 is 1.03 bits per heavy atom. The molecule has 0 bridgehead atoms. The minimum absolute atomic E-state index is 0.127. The lowest BCUT2D eigenvalue weighted by Gasteiger charge is -2.07. The van der Waals surface area contributed by atoms with Crippen molar-refractivity contribution in [3.8, 4) is 5.75 Å². The molecule has 0 aliphatic rings. The van der Waals surface area contributed by atoms with Crippen LogP contribution in [0.25, 0.3) is 10.2 Å². The van der Waals surface area contributed by atoms with Crippen molar-refractivity contribution in [2.45, 2.75) is 26.3 Å². The molecule has 0 atom stereocenters. The van der Waals surface area contributed by atoms with Crippen LogP contribution in [0, 0.1) is 0 Å². The summed E-state index contributed by atoms with van der Waals surface area (Å²) in [4.78, 5) is 40.7. The Balaban J connectivity index is 1.88. The number of rotatable bonds is 7. The molecule has 1 heterocycles. The van der Waals surface area contributed by atoms with Gasteiger partial charge in [-0.25, -0.2) is 4.79 Å². The van der Waals surface area contributed by atoms with Crippen molar-refractivity contribution >= 4 is 39.4 Å². The van der Waals surface area contributed by atoms with E-state index in [1.807, 2.05) is 24.3 Å². The van der Waals surface area contributed by atoms with E-state index in [2.05, 4.69) is 18.8 Å². The number of methoxy groups -OCH3 is 2. The first-order valence-electron chi connectivity index (χ1n) is 9.91. The van der Waals surface area contributed by atoms with E-state index in [-0.39, 0.29) is 13.2 Å². The van der Waals surface area contributed by atoms with Gasteiger partial charge in [0, 0.05) is 0 Å². The number of carbonyl (C=O) groups excluding carboxylic acids is 3. The summed E-state index contributed by atoms with van der Waals surface area (Å²) in [7, 11) is 2.58. The van der Waals surface area contributed by atoms with E-state index in [9.17, 15) is 14.4 Å². The molecular weight excluding hydrogens is 432 g/mol. The van der Waals surface area contributed by atoms with Gasteiger partial charge in [0.05, 0.1) is 30.0 Å². The van der Waals surface area contributed by atoms with Crippen molar-refractivity contribution in [2.75, 3.05) is 20.8 Å². The van der Waals surface area contributed by atoms with E-state index in [0.29, 0.717) is 32.2 Å². The zero-order valence-corrected chi connectivity index (χ0v) is 19.1. The molecule has 168 valence electrons. The Hall–Kier alpha value is -3.46. The summed E-state index contributed by atoms with van der Waals surface area (Å²) >= 11 is 1.18. The van der Waals surface area contributed by atoms with Crippen LogP contribution < -0.4 is 9.54 Å². The molecule has 3 aromatic rings. The average Bonchev–Trinajstić information content (AvgIpc) is 3.13. The monoisotopic (exact) mass is 456 g/mol. The Morgan fingerprint density at radius 3 is 2.38 bits per heavy atom. The van der Waals surface area contributed by atoms with Crippen molar-refractivity contribution in [3.05, 3.63) is 58.4 Å². The Kier molecular flexibility index (Phi) is 7.42. The van der Waals surface area contributed by atoms with E-state index < -0.39 is 17.8 Å². The molecule has 0 N–H and O–H groups in total. The highest BCUT2D eigenvalue weighted by atomic mass is 32.1. The van der Waals surface area contributed by atoms with E-state index in [0.717, 1.165) is 0 Å². The maximum atomic E-state index is 12.5. The zero-order valence-electron chi connectivity index (χ0n) is 18.3. The van der Waals surface area contributed by atoms with Gasteiger partial charge in [-0.1, -0.05) is 37.3 Å². The van der Waals surface area contributed by atoms with Gasteiger partial charge in [-0.15, -0.1) is 0 Å². The fraction of sp³-hybridized carbons (Fsp3) is 0.304. The summed E-state index contributed by atoms with van der Waals surface area (Å²) in [5, 5.41) is 0. The molecule has 0 unspecified atom stereocenters. The summed E-state index contributed by atoms with van der Waals surface area (Å²) in [6, 6.07) is 12.4. The van der Waals surface area contributed by atoms with Gasteiger partial charge in [0.15, 0.2) is 11.4 Å². The number of hydrogen-bond acceptors (Lipinski definition) is 7. The van der Waals surface area contributed by atoms with E-state index in [1.54, 1.807) is 22.8 Å². The van der Waals surface area contributed by atoms with Crippen LogP contribution in [0.4, 0.5) is 0 Å². The zero-order chi connectivity index (χ0) is 23.3. The van der Waals surface area contributed by atoms with Crippen LogP contribution >= 0.6 is 11.3 Å². The highest BCUT2D eigenvalue weighted by Gasteiger charge is 2.14. The molecule has 0 fully saturated rings. The summed E-state index contributed by atoms with van der Waals surface area (Å²) in [6.45, 7) is 3.82. The van der Waals surface area contributed by atoms with Crippen molar-refractivity contribution in [2.24, 2.45) is 4.99 Å². The predicted octanol–water partition coefficient (Wildman–Crippen LogP) is 3.29. The molecule has 0 spiro atoms. The number of amides is 1. The van der Waals surface area contributed by atoms with Crippen molar-refractivity contribution in [1.29, 1.82) is 0 Å². The summed E-state index contributed by atoms with van der Waals surface area (Å²) in [6.07, 6.45) is 0. The molecule has 8 nitrogen and oxygen atoms in total. The molecule has 0 saturated heterocycles. The number of carbonyl (C=O) groups is 3. The van der Waals surface area contributed by atoms with Crippen LogP contribution in [-0.2, 0) is 25.6 Å². The maximum absolute atomic E-state index is 12.5. The molecule has 0 aliphatic heterocycles. The minimum Gasteiger partial charge on any atom is -0.484 e. The highest BCUT2D eigenvalue weighted by Crippen LogP contribution is 2.21. The van der Waals surface area contributed by atoms with Gasteiger partial charge in [-0.3, -0.25) is 9.59 Å². The molecule has 0 saturated carbocycles. The molecule has 0 aliphatic carbocycles. The topological polar surface area (TPSA) is 96.2 Å². The number of nitrogens with zero attached hydrogens (tertiary/aromatic N) is 2. The highest BCUT2D eigenvalue weighted by molar-refractivity contribution is 7.16. The maximum Gasteiger partial charge on any atom is 0.337 e. The van der Waals surface area contributed by atoms with Crippen molar-refractivity contribution in [3.63, 3.8) is 0 Å². The lowest BCUT2D eigenvalue weighted by Crippen LogP contribution is -2.23. The summed E-state index contributed by atoms with van der Waals surface area (Å²) < 4.78 is 17.3. The number of fused-ring (bicyclic) bond motifs is 1. The first-order valence-corrected chi connectivity index (χ1v) is 10.7. The van der Waals surface area contributed by atoms with Crippen LogP contribution in [0.2, 0.25) is 0 Å². The molecule has 0 radical (unpaired) electrons. The second-order valence-electron chi connectivity index (χ2n) is 7.24. The summed E-state index contributed by atoms with van der Waals surface area (Å²) in [5.41, 5.74) is 2.18. The van der Waals surface area contributed by atoms with Crippen LogP contribution in [0.15, 0.2) is 47.5 Å². The molecule has 1 aromatic heterocycles. The lowest BCUT2D eigenvalue weighted by atomic mass is 10.0. The number of thiazole rings is 1. The normalized spacial score (nSPS) is 11.6. The first-order chi connectivity index (χ1) is 15.3. The third kappa shape index (κ3) is 5.42. The van der Waals surface area contributed by atoms with Crippen molar-refractivity contribution in [1.82, 2.24) is 4.57 Å². The third-order valence-corrected chi connectivity index (χ3v) is 5.79. The second kappa shape index (κ2) is 10.2. The third-order valence-electron chi connectivity index (χ3n) is 4.75. The van der Waals surface area contributed by atoms with Gasteiger partial charge in [-0.05, 0) is 41.8 Å². The quantitative estimate of drug-likeness (QED) is 0.506. The molecule has 32 heavy (non-hydrogen) atoms. The fourth-order valence-electron chi connectivity index (χ4n) is 2.98. The predicted molar refractivity (Wildman–Crippen MR) is 120 cm³/mol. The number of hydrogen-bond donors (Lipinski definition) is 0. The smallest absolute Gasteiger partial charge is 0.337 e. The van der Waals surface area contributed by atoms with Crippen LogP contribution in [0.3, 0.4) is 0 Å². The van der Waals surface area contributed by atoms with E-state index in [1.165, 1.54) is 31.1 Å². The number of benzene rings is 2. The Bertz CT molecular complexity index is 1210. The first kappa shape index (κ1) is 23.2. The van der Waals surface area contributed by atoms with Crippen molar-refractivity contribution < 1.29 is 28.6 Å². The molecule has 2 aromatic carbocycles. The average molecular weight is 457 g/mol. The number of ether oxygens (including phenoxy) is 3. The van der Waals surface area contributed by atoms with Crippen LogP contribution in [-0.4, -0.2) is 43.2 Å². The van der Waals surface area contributed by atoms with Gasteiger partial charge >= 0.3 is 11.9 Å². The van der Waals surface area contributed by atoms with Crippen LogP contribution in [0.5, 0.6) is 5.75 Å². The fourth-order valence-corrected chi connectivity index (χ4v) is 4.07. The molecule has 9 heteroatoms. The number of aromatic nitrogens is 1. The van der Waals surface area contributed by atoms with Gasteiger partial charge in [0.2, 0.25) is 0 Å². The molecule has 1 amide bonds. The largest absolute Gasteiger partial charge is 0.484 e. The number of esters is 2. The Morgan fingerprint density at radius 2 is 1.75 bits per heavy atom. The van der Waals surface area contributed by atoms with Gasteiger partial charge in [-0.2, -0.15) is 4.99 Å². The SMILES string of the molecule is COC(=O)Cn1c(=NC(=O)COc2ccc(C(C)C)cc2)sc2cc(C(=O)OC)ccc21. The lowest BCUT2D eigenvalue weighted by molar-refractivity contribution is -0.141. The van der Waals surface area contributed by atoms with Gasteiger partial charge in [0.25, 0.3) is 5.91 Å². The molecular formula is C23H24N2O6S. The van der Waals surface area contributed by atoms with Crippen LogP contribution in [0.1, 0.15) is 35.7 Å². The van der Waals surface area contributed by atoms with E-state index >= 15 is 0 Å². The second-order valence-corrected chi connectivity index (χ2v) is 8.25. The van der Waals surface area contributed by atoms with Gasteiger partial charge < -0.3 is 18.8 Å². The standard InChI is InChI=1S/C23H24N2O6S/c1-14(2)15-5-8-17(9-6-15)31-13-20(26)24-23-25(12-21(27)29-3)18-10-7-16(22(28)30-4)11-19(18)32-23/h5-11,14H,12-13H2,1-4H3. The van der Waals surface area contributed by atoms with E-state index in [4.69, 9.17) is 14.2 Å². The molecule has 3 rings (SSSR count). The van der Waals surface area contributed by atoms with Gasteiger partial charge in [0.1, 0.15) is 12.3 Å². The minimum atomic E-state index is -0.503. The summed E-state index contributed by atoms with van der Waals surface area (Å²) in [5.74, 6) is -0.502. The Labute approximate surface area is 189 Å².